The number of aliphatic hydroxyl groups excluding tert-OH is 16. The molecule has 0 aliphatic carbocycles. The van der Waals surface area contributed by atoms with Gasteiger partial charge in [0.25, 0.3) is 0 Å². The van der Waals surface area contributed by atoms with Gasteiger partial charge in [0.15, 0.2) is 25.2 Å². The van der Waals surface area contributed by atoms with Crippen LogP contribution in [0.15, 0.2) is 0 Å². The summed E-state index contributed by atoms with van der Waals surface area (Å²) in [6.45, 7) is -5.63. The van der Waals surface area contributed by atoms with Crippen LogP contribution in [-0.2, 0) is 42.6 Å². The number of ether oxygens (including phenoxy) is 9. The highest BCUT2D eigenvalue weighted by molar-refractivity contribution is 5.00. The van der Waals surface area contributed by atoms with Gasteiger partial charge in [0, 0.05) is 0 Å². The van der Waals surface area contributed by atoms with E-state index in [-0.39, 0.29) is 0 Å². The highest BCUT2D eigenvalue weighted by Crippen LogP contribution is 2.37. The van der Waals surface area contributed by atoms with Gasteiger partial charge >= 0.3 is 0 Å². The molecule has 0 radical (unpaired) electrons. The smallest absolute Gasteiger partial charge is 0.219 e. The molecule has 5 fully saturated rings. The fourth-order valence-electron chi connectivity index (χ4n) is 7.09. The molecule has 5 heterocycles. The van der Waals surface area contributed by atoms with Gasteiger partial charge in [-0.15, -0.1) is 0 Å². The zero-order valence-corrected chi connectivity index (χ0v) is 29.3. The number of hydrogen-bond donors (Lipinski definition) is 17. The molecular formula is C30H52O26. The summed E-state index contributed by atoms with van der Waals surface area (Å²) in [5.74, 6) is -2.56. The zero-order valence-electron chi connectivity index (χ0n) is 29.3. The fourth-order valence-corrected chi connectivity index (χ4v) is 7.09. The molecular weight excluding hydrogens is 776 g/mol. The molecule has 5 aliphatic rings. The van der Waals surface area contributed by atoms with Gasteiger partial charge in [0.1, 0.15) is 116 Å². The Morgan fingerprint density at radius 3 is 0.982 bits per heavy atom. The van der Waals surface area contributed by atoms with Gasteiger partial charge in [-0.1, -0.05) is 0 Å². The quantitative estimate of drug-likeness (QED) is 0.0773. The largest absolute Gasteiger partial charge is 0.394 e. The van der Waals surface area contributed by atoms with Crippen LogP contribution in [0.4, 0.5) is 0 Å². The topological polar surface area (TPSA) is 427 Å². The average molecular weight is 829 g/mol. The second-order valence-corrected chi connectivity index (χ2v) is 14.0. The standard InChI is InChI=1S/C30H52O26/c31-1-7-12(37)13(38)17(42)26(48-7)52-21-8(2-32)49-27(18(43)14(21)39)53-22-9(3-33)50-28(19(44)15(22)40)54-23-10(4-34)51-29(20(45)16(23)41)55-24-11(5-35)56-30(47,6-36)25(24)46/h7-29,31-47H,1-6H2/t7-,8-,9-,10-,11-,12-,13+,14-,15-,16-,17-,18-,19-,20-,21-,22-,23-,24-,25+,26-,27-,28-,29-,30?/m1/s1. The Labute approximate surface area is 316 Å². The summed E-state index contributed by atoms with van der Waals surface area (Å²) >= 11 is 0. The molecule has 26 heteroatoms. The van der Waals surface area contributed by atoms with E-state index in [1.165, 1.54) is 0 Å². The maximum Gasteiger partial charge on any atom is 0.219 e. The van der Waals surface area contributed by atoms with E-state index in [2.05, 4.69) is 0 Å². The molecule has 56 heavy (non-hydrogen) atoms. The first kappa shape index (κ1) is 46.0. The van der Waals surface area contributed by atoms with Crippen molar-refractivity contribution in [1.82, 2.24) is 0 Å². The predicted octanol–water partition coefficient (Wildman–Crippen LogP) is -11.9. The lowest BCUT2D eigenvalue weighted by Crippen LogP contribution is -2.67. The normalized spacial score (nSPS) is 53.0. The molecule has 328 valence electrons. The monoisotopic (exact) mass is 828 g/mol. The van der Waals surface area contributed by atoms with Crippen LogP contribution in [0.5, 0.6) is 0 Å². The van der Waals surface area contributed by atoms with Crippen LogP contribution in [0.25, 0.3) is 0 Å². The summed E-state index contributed by atoms with van der Waals surface area (Å²) in [5, 5.41) is 176. The van der Waals surface area contributed by atoms with Crippen molar-refractivity contribution in [1.29, 1.82) is 0 Å². The predicted molar refractivity (Wildman–Crippen MR) is 167 cm³/mol. The molecule has 5 saturated heterocycles. The molecule has 0 bridgehead atoms. The molecule has 26 nitrogen and oxygen atoms in total. The maximum absolute atomic E-state index is 11.1. The minimum absolute atomic E-state index is 0.811. The lowest BCUT2D eigenvalue weighted by atomic mass is 9.95. The molecule has 5 rings (SSSR count). The van der Waals surface area contributed by atoms with Crippen LogP contribution in [0.2, 0.25) is 0 Å². The van der Waals surface area contributed by atoms with Crippen LogP contribution in [0, 0.1) is 0 Å². The lowest BCUT2D eigenvalue weighted by Gasteiger charge is -2.49. The second kappa shape index (κ2) is 19.1. The summed E-state index contributed by atoms with van der Waals surface area (Å²) in [5.41, 5.74) is 0. The van der Waals surface area contributed by atoms with E-state index in [1.54, 1.807) is 0 Å². The average Bonchev–Trinajstić information content (AvgIpc) is 3.44. The molecule has 0 aromatic rings. The summed E-state index contributed by atoms with van der Waals surface area (Å²) < 4.78 is 49.1. The van der Waals surface area contributed by atoms with E-state index in [4.69, 9.17) is 42.6 Å². The van der Waals surface area contributed by atoms with E-state index in [9.17, 15) is 86.8 Å². The highest BCUT2D eigenvalue weighted by Gasteiger charge is 2.58. The van der Waals surface area contributed by atoms with Gasteiger partial charge in [-0.3, -0.25) is 0 Å². The van der Waals surface area contributed by atoms with Crippen LogP contribution < -0.4 is 0 Å². The fraction of sp³-hybridized carbons (Fsp3) is 1.00. The van der Waals surface area contributed by atoms with Crippen molar-refractivity contribution in [3.8, 4) is 0 Å². The third-order valence-corrected chi connectivity index (χ3v) is 10.4. The van der Waals surface area contributed by atoms with Gasteiger partial charge in [0.05, 0.1) is 39.6 Å². The number of rotatable bonds is 14. The molecule has 24 atom stereocenters. The number of aliphatic hydroxyl groups is 17. The van der Waals surface area contributed by atoms with Gasteiger partial charge in [-0.05, 0) is 0 Å². The molecule has 0 aromatic carbocycles. The molecule has 0 spiro atoms. The minimum atomic E-state index is -2.56. The first-order valence-electron chi connectivity index (χ1n) is 17.6. The van der Waals surface area contributed by atoms with E-state index >= 15 is 0 Å². The van der Waals surface area contributed by atoms with E-state index < -0.39 is 187 Å². The Morgan fingerprint density at radius 1 is 0.357 bits per heavy atom. The van der Waals surface area contributed by atoms with Crippen molar-refractivity contribution < 1.29 is 129 Å². The van der Waals surface area contributed by atoms with Crippen LogP contribution in [-0.4, -0.2) is 273 Å². The molecule has 17 N–H and O–H groups in total. The van der Waals surface area contributed by atoms with Crippen molar-refractivity contribution in [3.63, 3.8) is 0 Å². The first-order chi connectivity index (χ1) is 26.5. The molecule has 0 saturated carbocycles. The van der Waals surface area contributed by atoms with Gasteiger partial charge in [-0.25, -0.2) is 0 Å². The minimum Gasteiger partial charge on any atom is -0.394 e. The van der Waals surface area contributed by atoms with Gasteiger partial charge in [0.2, 0.25) is 5.79 Å². The van der Waals surface area contributed by atoms with E-state index in [0.717, 1.165) is 0 Å². The Hall–Kier alpha value is -1.04. The van der Waals surface area contributed by atoms with Gasteiger partial charge in [-0.2, -0.15) is 0 Å². The highest BCUT2D eigenvalue weighted by atomic mass is 16.8. The van der Waals surface area contributed by atoms with Crippen molar-refractivity contribution in [2.45, 2.75) is 147 Å². The Balaban J connectivity index is 1.23. The third kappa shape index (κ3) is 8.87. The summed E-state index contributed by atoms with van der Waals surface area (Å²) in [4.78, 5) is 0. The Kier molecular flexibility index (Phi) is 15.7. The SMILES string of the molecule is OC[C@H]1O[C@H](O[C@H]2[C@H](O)[C@@H](O)[C@@H](O[C@H]3[C@H](O)[C@@H](O)[C@@H](O[C@H]4[C@H](O)[C@@H](O)[C@@H](O[C@@H]5[C@@H](CO)OC(O)(CO)[C@H]5O)O[C@@H]4CO)O[C@@H]3CO)O[C@@H]2CO)[C@H](O)[C@@H](O)[C@@H]1O. The maximum atomic E-state index is 11.1. The Bertz CT molecular complexity index is 1220. The first-order valence-corrected chi connectivity index (χ1v) is 17.6. The summed E-state index contributed by atoms with van der Waals surface area (Å²) in [7, 11) is 0. The van der Waals surface area contributed by atoms with Crippen molar-refractivity contribution in [2.24, 2.45) is 0 Å². The second-order valence-electron chi connectivity index (χ2n) is 14.0. The Morgan fingerprint density at radius 2 is 0.661 bits per heavy atom. The van der Waals surface area contributed by atoms with E-state index in [1.807, 2.05) is 0 Å². The third-order valence-electron chi connectivity index (χ3n) is 10.4. The molecule has 1 unspecified atom stereocenters. The van der Waals surface area contributed by atoms with Gasteiger partial charge < -0.3 is 129 Å². The van der Waals surface area contributed by atoms with Crippen LogP contribution >= 0.6 is 0 Å². The summed E-state index contributed by atoms with van der Waals surface area (Å²) in [6, 6.07) is 0. The molecule has 0 amide bonds. The van der Waals surface area contributed by atoms with E-state index in [0.29, 0.717) is 0 Å². The molecule has 0 aromatic heterocycles. The van der Waals surface area contributed by atoms with Crippen molar-refractivity contribution in [3.05, 3.63) is 0 Å². The number of hydrogen-bond acceptors (Lipinski definition) is 26. The zero-order chi connectivity index (χ0) is 41.4. The van der Waals surface area contributed by atoms with Crippen LogP contribution in [0.1, 0.15) is 0 Å². The summed E-state index contributed by atoms with van der Waals surface area (Å²) in [6.07, 6.45) is -42.1. The van der Waals surface area contributed by atoms with Crippen molar-refractivity contribution >= 4 is 0 Å². The molecule has 5 aliphatic heterocycles. The lowest BCUT2D eigenvalue weighted by molar-refractivity contribution is -0.389. The van der Waals surface area contributed by atoms with Crippen molar-refractivity contribution in [2.75, 3.05) is 39.6 Å². The van der Waals surface area contributed by atoms with Crippen LogP contribution in [0.3, 0.4) is 0 Å².